The quantitative estimate of drug-likeness (QED) is 0.715. The average Bonchev–Trinajstić information content (AvgIpc) is 2.41. The van der Waals surface area contributed by atoms with Crippen LogP contribution in [-0.2, 0) is 0 Å². The van der Waals surface area contributed by atoms with E-state index in [1.54, 1.807) is 0 Å². The van der Waals surface area contributed by atoms with Gasteiger partial charge in [-0.15, -0.1) is 0 Å². The van der Waals surface area contributed by atoms with Crippen LogP contribution in [0.1, 0.15) is 40.0 Å². The zero-order chi connectivity index (χ0) is 14.1. The van der Waals surface area contributed by atoms with E-state index >= 15 is 0 Å². The van der Waals surface area contributed by atoms with Crippen LogP contribution in [0.4, 0.5) is 5.69 Å². The lowest BCUT2D eigenvalue weighted by molar-refractivity contribution is 0.271. The lowest BCUT2D eigenvalue weighted by Gasteiger charge is -2.14. The van der Waals surface area contributed by atoms with Crippen molar-refractivity contribution in [3.63, 3.8) is 0 Å². The summed E-state index contributed by atoms with van der Waals surface area (Å²) in [6.45, 7) is 8.05. The zero-order valence-corrected chi connectivity index (χ0v) is 12.5. The van der Waals surface area contributed by atoms with E-state index in [0.29, 0.717) is 5.92 Å². The van der Waals surface area contributed by atoms with Gasteiger partial charge in [-0.05, 0) is 24.5 Å². The van der Waals surface area contributed by atoms with Crippen LogP contribution in [0.15, 0.2) is 24.3 Å². The molecule has 0 aliphatic rings. The second-order valence-electron chi connectivity index (χ2n) is 5.52. The summed E-state index contributed by atoms with van der Waals surface area (Å²) < 4.78 is 5.71. The van der Waals surface area contributed by atoms with Crippen LogP contribution in [0, 0.1) is 5.92 Å². The summed E-state index contributed by atoms with van der Waals surface area (Å²) >= 11 is 0. The molecule has 108 valence electrons. The first-order chi connectivity index (χ1) is 9.11. The fourth-order valence-electron chi connectivity index (χ4n) is 1.78. The van der Waals surface area contributed by atoms with E-state index in [1.165, 1.54) is 12.8 Å². The molecule has 0 spiro atoms. The minimum absolute atomic E-state index is 0.222. The van der Waals surface area contributed by atoms with Crippen molar-refractivity contribution in [3.8, 4) is 5.75 Å². The largest absolute Gasteiger partial charge is 0.493 e. The van der Waals surface area contributed by atoms with E-state index in [-0.39, 0.29) is 6.04 Å². The SMILES string of the molecule is CCCCC(N)CNc1cccc(OCC(C)C)c1. The Morgan fingerprint density at radius 2 is 2.11 bits per heavy atom. The molecule has 0 fully saturated rings. The highest BCUT2D eigenvalue weighted by Crippen LogP contribution is 2.18. The number of unbranched alkanes of at least 4 members (excludes halogenated alkanes) is 1. The summed E-state index contributed by atoms with van der Waals surface area (Å²) in [5, 5.41) is 3.38. The molecule has 19 heavy (non-hydrogen) atoms. The summed E-state index contributed by atoms with van der Waals surface area (Å²) in [7, 11) is 0. The fraction of sp³-hybridized carbons (Fsp3) is 0.625. The van der Waals surface area contributed by atoms with Gasteiger partial charge in [0, 0.05) is 24.3 Å². The molecule has 0 amide bonds. The molecule has 3 N–H and O–H groups in total. The summed E-state index contributed by atoms with van der Waals surface area (Å²) in [5.74, 6) is 1.46. The Morgan fingerprint density at radius 1 is 1.32 bits per heavy atom. The minimum atomic E-state index is 0.222. The van der Waals surface area contributed by atoms with Gasteiger partial charge in [0.1, 0.15) is 5.75 Å². The van der Waals surface area contributed by atoms with Gasteiger partial charge in [-0.3, -0.25) is 0 Å². The van der Waals surface area contributed by atoms with E-state index in [9.17, 15) is 0 Å². The Morgan fingerprint density at radius 3 is 2.79 bits per heavy atom. The monoisotopic (exact) mass is 264 g/mol. The van der Waals surface area contributed by atoms with Crippen LogP contribution < -0.4 is 15.8 Å². The molecule has 1 aromatic rings. The first kappa shape index (κ1) is 15.8. The smallest absolute Gasteiger partial charge is 0.121 e. The molecule has 0 radical (unpaired) electrons. The van der Waals surface area contributed by atoms with Gasteiger partial charge in [-0.2, -0.15) is 0 Å². The van der Waals surface area contributed by atoms with Crippen molar-refractivity contribution >= 4 is 5.69 Å². The second-order valence-corrected chi connectivity index (χ2v) is 5.52. The lowest BCUT2D eigenvalue weighted by Crippen LogP contribution is -2.28. The van der Waals surface area contributed by atoms with E-state index in [0.717, 1.165) is 31.0 Å². The second kappa shape index (κ2) is 8.81. The van der Waals surface area contributed by atoms with Gasteiger partial charge >= 0.3 is 0 Å². The van der Waals surface area contributed by atoms with Gasteiger partial charge in [0.15, 0.2) is 0 Å². The number of rotatable bonds is 9. The van der Waals surface area contributed by atoms with Crippen LogP contribution >= 0.6 is 0 Å². The Labute approximate surface area is 117 Å². The highest BCUT2D eigenvalue weighted by molar-refractivity contribution is 5.48. The highest BCUT2D eigenvalue weighted by atomic mass is 16.5. The Kier molecular flexibility index (Phi) is 7.34. The Balaban J connectivity index is 2.39. The van der Waals surface area contributed by atoms with Gasteiger partial charge in [0.2, 0.25) is 0 Å². The maximum Gasteiger partial charge on any atom is 0.121 e. The van der Waals surface area contributed by atoms with Crippen LogP contribution in [0.3, 0.4) is 0 Å². The van der Waals surface area contributed by atoms with Crippen LogP contribution in [0.2, 0.25) is 0 Å². The molecule has 0 aromatic heterocycles. The Hall–Kier alpha value is -1.22. The Bertz CT molecular complexity index is 352. The van der Waals surface area contributed by atoms with Crippen LogP contribution in [0.5, 0.6) is 5.75 Å². The van der Waals surface area contributed by atoms with Gasteiger partial charge in [-0.25, -0.2) is 0 Å². The molecular weight excluding hydrogens is 236 g/mol. The minimum Gasteiger partial charge on any atom is -0.493 e. The van der Waals surface area contributed by atoms with Crippen molar-refractivity contribution in [2.24, 2.45) is 11.7 Å². The number of benzene rings is 1. The molecular formula is C16H28N2O. The molecule has 1 rings (SSSR count). The van der Waals surface area contributed by atoms with Crippen molar-refractivity contribution in [1.29, 1.82) is 0 Å². The maximum atomic E-state index is 6.05. The standard InChI is InChI=1S/C16H28N2O/c1-4-5-7-14(17)11-18-15-8-6-9-16(10-15)19-12-13(2)3/h6,8-10,13-14,18H,4-5,7,11-12,17H2,1-3H3. The van der Waals surface area contributed by atoms with Gasteiger partial charge in [0.25, 0.3) is 0 Å². The maximum absolute atomic E-state index is 6.05. The highest BCUT2D eigenvalue weighted by Gasteiger charge is 2.03. The molecule has 0 heterocycles. The van der Waals surface area contributed by atoms with Crippen molar-refractivity contribution < 1.29 is 4.74 Å². The number of hydrogen-bond acceptors (Lipinski definition) is 3. The molecule has 1 unspecified atom stereocenters. The van der Waals surface area contributed by atoms with Crippen LogP contribution in [-0.4, -0.2) is 19.2 Å². The van der Waals surface area contributed by atoms with Crippen molar-refractivity contribution in [2.75, 3.05) is 18.5 Å². The first-order valence-electron chi connectivity index (χ1n) is 7.34. The lowest BCUT2D eigenvalue weighted by atomic mass is 10.1. The number of anilines is 1. The summed E-state index contributed by atoms with van der Waals surface area (Å²) in [6, 6.07) is 8.31. The number of nitrogens with one attached hydrogen (secondary N) is 1. The van der Waals surface area contributed by atoms with Crippen molar-refractivity contribution in [1.82, 2.24) is 0 Å². The third-order valence-corrected chi connectivity index (χ3v) is 2.91. The molecule has 3 heteroatoms. The number of ether oxygens (including phenoxy) is 1. The van der Waals surface area contributed by atoms with E-state index in [2.05, 4.69) is 32.2 Å². The fourth-order valence-corrected chi connectivity index (χ4v) is 1.78. The van der Waals surface area contributed by atoms with Crippen LogP contribution in [0.25, 0.3) is 0 Å². The zero-order valence-electron chi connectivity index (χ0n) is 12.5. The van der Waals surface area contributed by atoms with Gasteiger partial charge in [-0.1, -0.05) is 39.7 Å². The summed E-state index contributed by atoms with van der Waals surface area (Å²) in [5.41, 5.74) is 7.13. The van der Waals surface area contributed by atoms with Crippen molar-refractivity contribution in [3.05, 3.63) is 24.3 Å². The molecule has 0 aliphatic heterocycles. The molecule has 0 bridgehead atoms. The number of nitrogens with two attached hydrogens (primary N) is 1. The first-order valence-corrected chi connectivity index (χ1v) is 7.34. The predicted molar refractivity (Wildman–Crippen MR) is 82.8 cm³/mol. The average molecular weight is 264 g/mol. The molecule has 1 aromatic carbocycles. The van der Waals surface area contributed by atoms with E-state index in [1.807, 2.05) is 18.2 Å². The third-order valence-electron chi connectivity index (χ3n) is 2.91. The molecule has 1 atom stereocenters. The molecule has 0 saturated heterocycles. The topological polar surface area (TPSA) is 47.3 Å². The normalized spacial score (nSPS) is 12.5. The molecule has 0 aliphatic carbocycles. The molecule has 3 nitrogen and oxygen atoms in total. The van der Waals surface area contributed by atoms with Gasteiger partial charge < -0.3 is 15.8 Å². The van der Waals surface area contributed by atoms with E-state index < -0.39 is 0 Å². The van der Waals surface area contributed by atoms with E-state index in [4.69, 9.17) is 10.5 Å². The summed E-state index contributed by atoms with van der Waals surface area (Å²) in [4.78, 5) is 0. The third kappa shape index (κ3) is 7.06. The van der Waals surface area contributed by atoms with Crippen molar-refractivity contribution in [2.45, 2.75) is 46.1 Å². The van der Waals surface area contributed by atoms with Gasteiger partial charge in [0.05, 0.1) is 6.61 Å². The number of hydrogen-bond donors (Lipinski definition) is 2. The molecule has 0 saturated carbocycles. The predicted octanol–water partition coefficient (Wildman–Crippen LogP) is 3.65. The summed E-state index contributed by atoms with van der Waals surface area (Å²) in [6.07, 6.45) is 3.47.